The summed E-state index contributed by atoms with van der Waals surface area (Å²) in [5.41, 5.74) is 2.04. The standard InChI is InChI=1S/C10H10N2O2/c13-10-3-7-4-11-2-1-9(7)12(10)8-5-14-6-8/h1-2,4,8H,3,5-6H2. The van der Waals surface area contributed by atoms with Gasteiger partial charge in [0.15, 0.2) is 0 Å². The molecule has 2 aliphatic rings. The lowest BCUT2D eigenvalue weighted by molar-refractivity contribution is -0.119. The van der Waals surface area contributed by atoms with Gasteiger partial charge in [-0.05, 0) is 6.07 Å². The van der Waals surface area contributed by atoms with Crippen LogP contribution in [0.1, 0.15) is 5.56 Å². The van der Waals surface area contributed by atoms with Crippen LogP contribution in [0.25, 0.3) is 0 Å². The molecule has 72 valence electrons. The van der Waals surface area contributed by atoms with Crippen molar-refractivity contribution in [1.29, 1.82) is 0 Å². The van der Waals surface area contributed by atoms with E-state index in [9.17, 15) is 4.79 Å². The van der Waals surface area contributed by atoms with Crippen LogP contribution in [0.5, 0.6) is 0 Å². The summed E-state index contributed by atoms with van der Waals surface area (Å²) in [6.07, 6.45) is 3.98. The van der Waals surface area contributed by atoms with Crippen LogP contribution in [-0.4, -0.2) is 30.1 Å². The summed E-state index contributed by atoms with van der Waals surface area (Å²) >= 11 is 0. The van der Waals surface area contributed by atoms with E-state index >= 15 is 0 Å². The monoisotopic (exact) mass is 190 g/mol. The van der Waals surface area contributed by atoms with Crippen LogP contribution in [0.15, 0.2) is 18.5 Å². The molecule has 0 N–H and O–H groups in total. The van der Waals surface area contributed by atoms with Crippen LogP contribution in [0.2, 0.25) is 0 Å². The first kappa shape index (κ1) is 7.94. The van der Waals surface area contributed by atoms with Gasteiger partial charge in [-0.15, -0.1) is 0 Å². The fourth-order valence-electron chi connectivity index (χ4n) is 1.95. The first-order valence-electron chi connectivity index (χ1n) is 4.69. The van der Waals surface area contributed by atoms with Crippen LogP contribution in [0, 0.1) is 0 Å². The molecule has 0 unspecified atom stereocenters. The van der Waals surface area contributed by atoms with Crippen molar-refractivity contribution in [3.8, 4) is 0 Å². The van der Waals surface area contributed by atoms with E-state index in [1.807, 2.05) is 11.0 Å². The Morgan fingerprint density at radius 3 is 3.07 bits per heavy atom. The van der Waals surface area contributed by atoms with Gasteiger partial charge in [-0.3, -0.25) is 9.78 Å². The number of amides is 1. The molecule has 1 saturated heterocycles. The highest BCUT2D eigenvalue weighted by molar-refractivity contribution is 6.01. The van der Waals surface area contributed by atoms with Crippen molar-refractivity contribution in [2.24, 2.45) is 0 Å². The minimum Gasteiger partial charge on any atom is -0.377 e. The molecule has 1 aromatic heterocycles. The Labute approximate surface area is 81.5 Å². The molecule has 1 fully saturated rings. The second-order valence-electron chi connectivity index (χ2n) is 3.64. The van der Waals surface area contributed by atoms with Crippen molar-refractivity contribution in [1.82, 2.24) is 4.98 Å². The molecular weight excluding hydrogens is 180 g/mol. The van der Waals surface area contributed by atoms with Gasteiger partial charge in [-0.25, -0.2) is 0 Å². The van der Waals surface area contributed by atoms with E-state index in [-0.39, 0.29) is 11.9 Å². The summed E-state index contributed by atoms with van der Waals surface area (Å²) < 4.78 is 5.10. The second kappa shape index (κ2) is 2.78. The van der Waals surface area contributed by atoms with Crippen LogP contribution >= 0.6 is 0 Å². The van der Waals surface area contributed by atoms with Crippen molar-refractivity contribution >= 4 is 11.6 Å². The lowest BCUT2D eigenvalue weighted by Gasteiger charge is -2.34. The predicted octanol–water partition coefficient (Wildman–Crippen LogP) is 0.370. The summed E-state index contributed by atoms with van der Waals surface area (Å²) in [6, 6.07) is 2.14. The van der Waals surface area contributed by atoms with Gasteiger partial charge < -0.3 is 9.64 Å². The number of ether oxygens (including phenoxy) is 1. The third-order valence-electron chi connectivity index (χ3n) is 2.73. The summed E-state index contributed by atoms with van der Waals surface area (Å²) in [6.45, 7) is 1.32. The number of hydrogen-bond acceptors (Lipinski definition) is 3. The van der Waals surface area contributed by atoms with E-state index in [4.69, 9.17) is 4.74 Å². The lowest BCUT2D eigenvalue weighted by atomic mass is 10.2. The maximum absolute atomic E-state index is 11.7. The maximum atomic E-state index is 11.7. The summed E-state index contributed by atoms with van der Waals surface area (Å²) in [5, 5.41) is 0. The molecule has 0 spiro atoms. The van der Waals surface area contributed by atoms with Gasteiger partial charge in [0.05, 0.1) is 31.4 Å². The van der Waals surface area contributed by atoms with Gasteiger partial charge in [0, 0.05) is 18.0 Å². The molecule has 3 rings (SSSR count). The molecule has 1 amide bonds. The second-order valence-corrected chi connectivity index (χ2v) is 3.64. The quantitative estimate of drug-likeness (QED) is 0.642. The van der Waals surface area contributed by atoms with E-state index in [1.54, 1.807) is 12.4 Å². The normalized spacial score (nSPS) is 20.9. The van der Waals surface area contributed by atoms with E-state index < -0.39 is 0 Å². The first-order chi connectivity index (χ1) is 6.86. The third-order valence-corrected chi connectivity index (χ3v) is 2.73. The number of carbonyl (C=O) groups excluding carboxylic acids is 1. The molecule has 0 saturated carbocycles. The molecule has 0 atom stereocenters. The summed E-state index contributed by atoms with van der Waals surface area (Å²) in [5.74, 6) is 0.168. The van der Waals surface area contributed by atoms with Crippen molar-refractivity contribution in [2.45, 2.75) is 12.5 Å². The number of rotatable bonds is 1. The molecule has 0 aromatic carbocycles. The zero-order valence-corrected chi connectivity index (χ0v) is 7.64. The smallest absolute Gasteiger partial charge is 0.231 e. The number of hydrogen-bond donors (Lipinski definition) is 0. The molecule has 0 bridgehead atoms. The van der Waals surface area contributed by atoms with E-state index in [0.717, 1.165) is 11.3 Å². The number of nitrogens with zero attached hydrogens (tertiary/aromatic N) is 2. The van der Waals surface area contributed by atoms with Crippen molar-refractivity contribution in [3.05, 3.63) is 24.0 Å². The Hall–Kier alpha value is -1.42. The maximum Gasteiger partial charge on any atom is 0.231 e. The number of pyridine rings is 1. The molecule has 4 heteroatoms. The number of carbonyl (C=O) groups is 1. The topological polar surface area (TPSA) is 42.4 Å². The first-order valence-corrected chi connectivity index (χ1v) is 4.69. The minimum absolute atomic E-state index is 0.168. The molecule has 2 aliphatic heterocycles. The zero-order valence-electron chi connectivity index (χ0n) is 7.64. The van der Waals surface area contributed by atoms with Gasteiger partial charge in [0.1, 0.15) is 0 Å². The molecular formula is C10H10N2O2. The summed E-state index contributed by atoms with van der Waals surface area (Å²) in [4.78, 5) is 17.6. The fourth-order valence-corrected chi connectivity index (χ4v) is 1.95. The molecule has 0 radical (unpaired) electrons. The van der Waals surface area contributed by atoms with E-state index in [1.165, 1.54) is 0 Å². The van der Waals surface area contributed by atoms with Crippen LogP contribution in [-0.2, 0) is 16.0 Å². The lowest BCUT2D eigenvalue weighted by Crippen LogP contribution is -2.50. The van der Waals surface area contributed by atoms with Crippen molar-refractivity contribution in [3.63, 3.8) is 0 Å². The van der Waals surface area contributed by atoms with Crippen LogP contribution < -0.4 is 4.90 Å². The van der Waals surface area contributed by atoms with E-state index in [2.05, 4.69) is 4.98 Å². The molecule has 3 heterocycles. The molecule has 4 nitrogen and oxygen atoms in total. The molecule has 1 aromatic rings. The SMILES string of the molecule is O=C1Cc2cnccc2N1C1COC1. The Bertz CT molecular complexity index is 387. The highest BCUT2D eigenvalue weighted by Gasteiger charge is 2.36. The highest BCUT2D eigenvalue weighted by Crippen LogP contribution is 2.31. The van der Waals surface area contributed by atoms with Gasteiger partial charge in [0.2, 0.25) is 5.91 Å². The number of aromatic nitrogens is 1. The fraction of sp³-hybridized carbons (Fsp3) is 0.400. The third kappa shape index (κ3) is 0.974. The molecule has 0 aliphatic carbocycles. The molecule has 14 heavy (non-hydrogen) atoms. The van der Waals surface area contributed by atoms with E-state index in [0.29, 0.717) is 19.6 Å². The Balaban J connectivity index is 2.01. The van der Waals surface area contributed by atoms with Gasteiger partial charge in [0.25, 0.3) is 0 Å². The predicted molar refractivity (Wildman–Crippen MR) is 50.0 cm³/mol. The Kier molecular flexibility index (Phi) is 1.58. The van der Waals surface area contributed by atoms with Crippen LogP contribution in [0.4, 0.5) is 5.69 Å². The largest absolute Gasteiger partial charge is 0.377 e. The average Bonchev–Trinajstić information content (AvgIpc) is 2.41. The van der Waals surface area contributed by atoms with Gasteiger partial charge in [-0.1, -0.05) is 0 Å². The highest BCUT2D eigenvalue weighted by atomic mass is 16.5. The Morgan fingerprint density at radius 1 is 1.50 bits per heavy atom. The average molecular weight is 190 g/mol. The van der Waals surface area contributed by atoms with Gasteiger partial charge >= 0.3 is 0 Å². The minimum atomic E-state index is 0.168. The van der Waals surface area contributed by atoms with Crippen LogP contribution in [0.3, 0.4) is 0 Å². The zero-order chi connectivity index (χ0) is 9.54. The number of fused-ring (bicyclic) bond motifs is 1. The van der Waals surface area contributed by atoms with Crippen molar-refractivity contribution in [2.75, 3.05) is 18.1 Å². The van der Waals surface area contributed by atoms with Gasteiger partial charge in [-0.2, -0.15) is 0 Å². The number of anilines is 1. The summed E-state index contributed by atoms with van der Waals surface area (Å²) in [7, 11) is 0. The Morgan fingerprint density at radius 2 is 2.36 bits per heavy atom. The van der Waals surface area contributed by atoms with Crippen molar-refractivity contribution < 1.29 is 9.53 Å².